The van der Waals surface area contributed by atoms with Gasteiger partial charge in [0.2, 0.25) is 0 Å². The van der Waals surface area contributed by atoms with Crippen LogP contribution in [0.5, 0.6) is 11.5 Å². The van der Waals surface area contributed by atoms with Crippen LogP contribution in [0.3, 0.4) is 0 Å². The summed E-state index contributed by atoms with van der Waals surface area (Å²) in [6, 6.07) is 14.6. The number of benzene rings is 3. The third kappa shape index (κ3) is 5.99. The van der Waals surface area contributed by atoms with Crippen LogP contribution in [0.25, 0.3) is 11.1 Å². The zero-order valence-electron chi connectivity index (χ0n) is 19.6. The van der Waals surface area contributed by atoms with Gasteiger partial charge >= 0.3 is 5.97 Å². The quantitative estimate of drug-likeness (QED) is 0.300. The minimum Gasteiger partial charge on any atom is -0.496 e. The lowest BCUT2D eigenvalue weighted by molar-refractivity contribution is -0.145. The fraction of sp³-hybridized carbons (Fsp3) is 0.231. The van der Waals surface area contributed by atoms with E-state index in [9.17, 15) is 9.59 Å². The Bertz CT molecular complexity index is 1190. The zero-order valence-corrected chi connectivity index (χ0v) is 21.1. The van der Waals surface area contributed by atoms with Crippen LogP contribution < -0.4 is 20.5 Å². The lowest BCUT2D eigenvalue weighted by Crippen LogP contribution is -2.43. The summed E-state index contributed by atoms with van der Waals surface area (Å²) in [5, 5.41) is 3.04. The molecule has 0 saturated carbocycles. The number of hydrogen-bond donors (Lipinski definition) is 2. The zero-order chi connectivity index (χ0) is 25.5. The van der Waals surface area contributed by atoms with Gasteiger partial charge in [-0.2, -0.15) is 0 Å². The topological polar surface area (TPSA) is 99.9 Å². The molecule has 3 aromatic rings. The standard InChI is InChI=1S/C26H26Cl2N2O5/c1-4-35-26(32)20(30-25(31)24-17(27)7-5-8-18(24)28)14-15-11-12-16(19(29)13-15)23-21(33-2)9-6-10-22(23)34-3/h5-13,20H,4,14,29H2,1-3H3,(H,30,31)/t20-/m0/s1. The highest BCUT2D eigenvalue weighted by Crippen LogP contribution is 2.41. The maximum Gasteiger partial charge on any atom is 0.328 e. The van der Waals surface area contributed by atoms with E-state index in [0.717, 1.165) is 0 Å². The number of amides is 1. The van der Waals surface area contributed by atoms with Gasteiger partial charge in [-0.1, -0.05) is 47.5 Å². The Hall–Kier alpha value is -3.42. The number of methoxy groups -OCH3 is 2. The highest BCUT2D eigenvalue weighted by Gasteiger charge is 2.26. The molecule has 1 atom stereocenters. The Balaban J connectivity index is 1.91. The number of nitrogen functional groups attached to an aromatic ring is 1. The van der Waals surface area contributed by atoms with E-state index in [2.05, 4.69) is 5.32 Å². The van der Waals surface area contributed by atoms with Crippen molar-refractivity contribution < 1.29 is 23.8 Å². The van der Waals surface area contributed by atoms with Crippen molar-refractivity contribution in [1.29, 1.82) is 0 Å². The molecular formula is C26H26Cl2N2O5. The number of nitrogens with one attached hydrogen (secondary N) is 1. The van der Waals surface area contributed by atoms with Gasteiger partial charge in [-0.15, -0.1) is 0 Å². The Morgan fingerprint density at radius 1 is 0.971 bits per heavy atom. The first-order valence-electron chi connectivity index (χ1n) is 10.8. The smallest absolute Gasteiger partial charge is 0.328 e. The molecule has 3 aromatic carbocycles. The number of carbonyl (C=O) groups is 2. The number of rotatable bonds is 9. The van der Waals surface area contributed by atoms with Crippen LogP contribution in [0, 0.1) is 0 Å². The van der Waals surface area contributed by atoms with E-state index in [1.807, 2.05) is 30.3 Å². The molecule has 0 unspecified atom stereocenters. The van der Waals surface area contributed by atoms with Crippen molar-refractivity contribution in [3.63, 3.8) is 0 Å². The normalized spacial score (nSPS) is 11.5. The van der Waals surface area contributed by atoms with Crippen LogP contribution in [0.2, 0.25) is 10.0 Å². The SMILES string of the molecule is CCOC(=O)[C@H](Cc1ccc(-c2c(OC)cccc2OC)c(N)c1)NC(=O)c1c(Cl)cccc1Cl. The molecule has 0 fully saturated rings. The fourth-order valence-corrected chi connectivity index (χ4v) is 4.27. The second-order valence-electron chi connectivity index (χ2n) is 7.54. The second-order valence-corrected chi connectivity index (χ2v) is 8.35. The van der Waals surface area contributed by atoms with Crippen molar-refractivity contribution in [2.45, 2.75) is 19.4 Å². The van der Waals surface area contributed by atoms with E-state index >= 15 is 0 Å². The molecule has 0 heterocycles. The Morgan fingerprint density at radius 3 is 2.11 bits per heavy atom. The molecule has 3 N–H and O–H groups in total. The molecule has 0 aliphatic rings. The first-order chi connectivity index (χ1) is 16.8. The van der Waals surface area contributed by atoms with E-state index in [0.29, 0.717) is 33.9 Å². The van der Waals surface area contributed by atoms with E-state index in [1.165, 1.54) is 0 Å². The largest absolute Gasteiger partial charge is 0.496 e. The van der Waals surface area contributed by atoms with Crippen LogP contribution in [0.1, 0.15) is 22.8 Å². The third-order valence-electron chi connectivity index (χ3n) is 5.32. The van der Waals surface area contributed by atoms with Crippen LogP contribution in [-0.2, 0) is 16.0 Å². The van der Waals surface area contributed by atoms with Crippen LogP contribution in [0.15, 0.2) is 54.6 Å². The monoisotopic (exact) mass is 516 g/mol. The van der Waals surface area contributed by atoms with Gasteiger partial charge in [0.1, 0.15) is 17.5 Å². The Labute approximate surface area is 214 Å². The highest BCUT2D eigenvalue weighted by atomic mass is 35.5. The predicted molar refractivity (Wildman–Crippen MR) is 137 cm³/mol. The molecular weight excluding hydrogens is 491 g/mol. The third-order valence-corrected chi connectivity index (χ3v) is 5.95. The summed E-state index contributed by atoms with van der Waals surface area (Å²) in [4.78, 5) is 25.6. The molecule has 184 valence electrons. The van der Waals surface area contributed by atoms with Crippen molar-refractivity contribution in [2.24, 2.45) is 0 Å². The van der Waals surface area contributed by atoms with Crippen molar-refractivity contribution in [2.75, 3.05) is 26.6 Å². The van der Waals surface area contributed by atoms with E-state index < -0.39 is 17.9 Å². The van der Waals surface area contributed by atoms with E-state index in [1.54, 1.807) is 45.4 Å². The van der Waals surface area contributed by atoms with Gasteiger partial charge in [0.05, 0.1) is 42.0 Å². The number of esters is 1. The highest BCUT2D eigenvalue weighted by molar-refractivity contribution is 6.39. The number of nitrogens with two attached hydrogens (primary N) is 1. The lowest BCUT2D eigenvalue weighted by Gasteiger charge is -2.19. The molecule has 0 aromatic heterocycles. The molecule has 0 aliphatic heterocycles. The van der Waals surface area contributed by atoms with Gasteiger partial charge in [0, 0.05) is 17.7 Å². The Morgan fingerprint density at radius 2 is 1.57 bits per heavy atom. The van der Waals surface area contributed by atoms with Crippen LogP contribution >= 0.6 is 23.2 Å². The predicted octanol–water partition coefficient (Wildman–Crippen LogP) is 5.16. The molecule has 35 heavy (non-hydrogen) atoms. The summed E-state index contributed by atoms with van der Waals surface area (Å²) in [7, 11) is 3.14. The minimum absolute atomic E-state index is 0.0864. The number of anilines is 1. The van der Waals surface area contributed by atoms with Gasteiger partial charge in [0.25, 0.3) is 5.91 Å². The molecule has 0 radical (unpaired) electrons. The molecule has 1 amide bonds. The van der Waals surface area contributed by atoms with Crippen LogP contribution in [0.4, 0.5) is 5.69 Å². The molecule has 3 rings (SSSR count). The molecule has 0 bridgehead atoms. The van der Waals surface area contributed by atoms with Gasteiger partial charge in [-0.05, 0) is 42.8 Å². The molecule has 0 aliphatic carbocycles. The van der Waals surface area contributed by atoms with Crippen LogP contribution in [-0.4, -0.2) is 38.7 Å². The van der Waals surface area contributed by atoms with Crippen molar-refractivity contribution in [3.05, 3.63) is 75.8 Å². The van der Waals surface area contributed by atoms with Gasteiger partial charge in [-0.3, -0.25) is 4.79 Å². The molecule has 0 saturated heterocycles. The maximum absolute atomic E-state index is 12.9. The summed E-state index contributed by atoms with van der Waals surface area (Å²) >= 11 is 12.3. The van der Waals surface area contributed by atoms with E-state index in [4.69, 9.17) is 43.1 Å². The number of ether oxygens (including phenoxy) is 3. The summed E-state index contributed by atoms with van der Waals surface area (Å²) in [5.41, 5.74) is 9.07. The first-order valence-corrected chi connectivity index (χ1v) is 11.6. The van der Waals surface area contributed by atoms with Gasteiger partial charge in [0.15, 0.2) is 0 Å². The molecule has 0 spiro atoms. The average Bonchev–Trinajstić information content (AvgIpc) is 2.83. The number of halogens is 2. The molecule has 7 nitrogen and oxygen atoms in total. The van der Waals surface area contributed by atoms with Gasteiger partial charge < -0.3 is 25.3 Å². The number of carbonyl (C=O) groups excluding carboxylic acids is 2. The summed E-state index contributed by atoms with van der Waals surface area (Å²) in [5.74, 6) is 0.0502. The Kier molecular flexibility index (Phi) is 8.84. The van der Waals surface area contributed by atoms with Crippen molar-refractivity contribution in [3.8, 4) is 22.6 Å². The van der Waals surface area contributed by atoms with E-state index in [-0.39, 0.29) is 28.6 Å². The molecule has 9 heteroatoms. The maximum atomic E-state index is 12.9. The van der Waals surface area contributed by atoms with Crippen molar-refractivity contribution >= 4 is 40.8 Å². The fourth-order valence-electron chi connectivity index (χ4n) is 3.70. The van der Waals surface area contributed by atoms with Gasteiger partial charge in [-0.25, -0.2) is 4.79 Å². The first kappa shape index (κ1) is 26.2. The second kappa shape index (κ2) is 11.8. The average molecular weight is 517 g/mol. The minimum atomic E-state index is -0.985. The number of hydrogen-bond acceptors (Lipinski definition) is 6. The lowest BCUT2D eigenvalue weighted by atomic mass is 9.97. The summed E-state index contributed by atoms with van der Waals surface area (Å²) in [6.45, 7) is 1.85. The summed E-state index contributed by atoms with van der Waals surface area (Å²) in [6.07, 6.45) is 0.139. The van der Waals surface area contributed by atoms with Crippen molar-refractivity contribution in [1.82, 2.24) is 5.32 Å². The summed E-state index contributed by atoms with van der Waals surface area (Å²) < 4.78 is 16.2.